The lowest BCUT2D eigenvalue weighted by Gasteiger charge is -2.19. The smallest absolute Gasteiger partial charge is 0.139 e. The minimum Gasteiger partial charge on any atom is -0.510 e. The molecule has 2 N–H and O–H groups in total. The first-order chi connectivity index (χ1) is 13.2. The Morgan fingerprint density at radius 3 is 2.48 bits per heavy atom. The summed E-state index contributed by atoms with van der Waals surface area (Å²) in [7, 11) is 0. The van der Waals surface area contributed by atoms with E-state index < -0.39 is 0 Å². The van der Waals surface area contributed by atoms with Crippen LogP contribution in [-0.4, -0.2) is 22.5 Å². The molecule has 0 saturated heterocycles. The van der Waals surface area contributed by atoms with Gasteiger partial charge in [0.25, 0.3) is 0 Å². The summed E-state index contributed by atoms with van der Waals surface area (Å²) in [6.45, 7) is 2.31. The molecule has 5 nitrogen and oxygen atoms in total. The fourth-order valence-corrected chi connectivity index (χ4v) is 3.90. The van der Waals surface area contributed by atoms with Crippen LogP contribution in [0, 0.1) is 5.41 Å². The van der Waals surface area contributed by atoms with E-state index in [1.54, 1.807) is 4.90 Å². The maximum atomic E-state index is 10.4. The highest BCUT2D eigenvalue weighted by Crippen LogP contribution is 2.33. The maximum Gasteiger partial charge on any atom is 0.139 e. The van der Waals surface area contributed by atoms with Crippen molar-refractivity contribution in [1.29, 1.82) is 5.41 Å². The molecule has 0 saturated carbocycles. The van der Waals surface area contributed by atoms with Gasteiger partial charge in [-0.3, -0.25) is 5.41 Å². The lowest BCUT2D eigenvalue weighted by molar-refractivity contribution is 0.411. The first-order valence-electron chi connectivity index (χ1n) is 8.72. The Balaban J connectivity index is 1.52. The second-order valence-electron chi connectivity index (χ2n) is 6.16. The summed E-state index contributed by atoms with van der Waals surface area (Å²) in [6, 6.07) is 17.1. The van der Waals surface area contributed by atoms with Crippen molar-refractivity contribution in [2.75, 3.05) is 11.4 Å². The van der Waals surface area contributed by atoms with Gasteiger partial charge in [0.1, 0.15) is 28.1 Å². The molecule has 136 valence electrons. The number of aliphatic hydroxyl groups excluding tert-OH is 1. The largest absolute Gasteiger partial charge is 0.510 e. The standard InChI is InChI=1S/C21H19N3O2S/c1-2-14-13-27-21(23-14)19-18(25)12-24(20(19)22)15-8-10-17(11-9-15)26-16-6-4-3-5-7-16/h3-11,13,22,25H,2,12H2,1H3. The molecule has 1 aliphatic rings. The summed E-state index contributed by atoms with van der Waals surface area (Å²) in [5.41, 5.74) is 2.32. The Hall–Kier alpha value is -3.12. The third kappa shape index (κ3) is 3.44. The summed E-state index contributed by atoms with van der Waals surface area (Å²) in [5.74, 6) is 1.94. The normalized spacial score (nSPS) is 14.1. The number of anilines is 1. The zero-order valence-electron chi connectivity index (χ0n) is 14.8. The average molecular weight is 377 g/mol. The Labute approximate surface area is 161 Å². The quantitative estimate of drug-likeness (QED) is 0.636. The van der Waals surface area contributed by atoms with Gasteiger partial charge in [-0.05, 0) is 42.8 Å². The molecule has 1 aromatic heterocycles. The highest BCUT2D eigenvalue weighted by atomic mass is 32.1. The first-order valence-corrected chi connectivity index (χ1v) is 9.60. The third-order valence-corrected chi connectivity index (χ3v) is 5.27. The first kappa shape index (κ1) is 17.3. The maximum absolute atomic E-state index is 10.4. The zero-order valence-corrected chi connectivity index (χ0v) is 15.7. The number of rotatable bonds is 5. The Morgan fingerprint density at radius 2 is 1.81 bits per heavy atom. The summed E-state index contributed by atoms with van der Waals surface area (Å²) in [5, 5.41) is 21.6. The van der Waals surface area contributed by atoms with Crippen LogP contribution in [0.3, 0.4) is 0 Å². The van der Waals surface area contributed by atoms with E-state index >= 15 is 0 Å². The predicted octanol–water partition coefficient (Wildman–Crippen LogP) is 5.26. The number of hydrogen-bond acceptors (Lipinski definition) is 5. The molecule has 0 atom stereocenters. The second kappa shape index (κ2) is 7.25. The molecule has 1 aliphatic heterocycles. The van der Waals surface area contributed by atoms with Crippen molar-refractivity contribution in [3.8, 4) is 11.5 Å². The second-order valence-corrected chi connectivity index (χ2v) is 7.02. The van der Waals surface area contributed by atoms with Crippen LogP contribution >= 0.6 is 11.3 Å². The summed E-state index contributed by atoms with van der Waals surface area (Å²) in [6.07, 6.45) is 0.838. The van der Waals surface area contributed by atoms with Crippen molar-refractivity contribution in [3.63, 3.8) is 0 Å². The number of para-hydroxylation sites is 1. The molecular formula is C21H19N3O2S. The molecule has 0 fully saturated rings. The van der Waals surface area contributed by atoms with Crippen molar-refractivity contribution < 1.29 is 9.84 Å². The fourth-order valence-electron chi connectivity index (χ4n) is 2.93. The lowest BCUT2D eigenvalue weighted by Crippen LogP contribution is -2.25. The van der Waals surface area contributed by atoms with Crippen molar-refractivity contribution >= 4 is 28.4 Å². The van der Waals surface area contributed by atoms with E-state index in [-0.39, 0.29) is 18.1 Å². The van der Waals surface area contributed by atoms with Crippen LogP contribution in [0.2, 0.25) is 0 Å². The van der Waals surface area contributed by atoms with Crippen molar-refractivity contribution in [2.45, 2.75) is 13.3 Å². The SMILES string of the molecule is CCc1csc(C2=C(O)CN(c3ccc(Oc4ccccc4)cc3)C2=N)n1. The minimum absolute atomic E-state index is 0.182. The fraction of sp³-hybridized carbons (Fsp3) is 0.143. The molecule has 0 bridgehead atoms. The molecule has 0 spiro atoms. The molecular weight excluding hydrogens is 358 g/mol. The van der Waals surface area contributed by atoms with Gasteiger partial charge in [0.15, 0.2) is 0 Å². The number of aryl methyl sites for hydroxylation is 1. The van der Waals surface area contributed by atoms with Gasteiger partial charge in [-0.2, -0.15) is 0 Å². The topological polar surface area (TPSA) is 69.4 Å². The lowest BCUT2D eigenvalue weighted by atomic mass is 10.2. The van der Waals surface area contributed by atoms with Crippen LogP contribution in [-0.2, 0) is 6.42 Å². The van der Waals surface area contributed by atoms with Crippen molar-refractivity contribution in [1.82, 2.24) is 4.98 Å². The van der Waals surface area contributed by atoms with Gasteiger partial charge < -0.3 is 14.7 Å². The molecule has 0 amide bonds. The molecule has 0 radical (unpaired) electrons. The molecule has 0 aliphatic carbocycles. The molecule has 2 heterocycles. The Morgan fingerprint density at radius 1 is 1.11 bits per heavy atom. The molecule has 0 unspecified atom stereocenters. The van der Waals surface area contributed by atoms with Gasteiger partial charge in [0.05, 0.1) is 17.8 Å². The highest BCUT2D eigenvalue weighted by molar-refractivity contribution is 7.11. The molecule has 27 heavy (non-hydrogen) atoms. The average Bonchev–Trinajstić information content (AvgIpc) is 3.27. The van der Waals surface area contributed by atoms with E-state index in [0.29, 0.717) is 10.6 Å². The summed E-state index contributed by atoms with van der Waals surface area (Å²) in [4.78, 5) is 6.28. The van der Waals surface area contributed by atoms with Crippen LogP contribution in [0.5, 0.6) is 11.5 Å². The minimum atomic E-state index is 0.182. The van der Waals surface area contributed by atoms with E-state index in [1.807, 2.05) is 66.9 Å². The number of aromatic nitrogens is 1. The summed E-state index contributed by atoms with van der Waals surface area (Å²) < 4.78 is 5.81. The van der Waals surface area contributed by atoms with E-state index in [2.05, 4.69) is 4.98 Å². The van der Waals surface area contributed by atoms with Crippen LogP contribution in [0.25, 0.3) is 5.57 Å². The highest BCUT2D eigenvalue weighted by Gasteiger charge is 2.31. The molecule has 6 heteroatoms. The van der Waals surface area contributed by atoms with Gasteiger partial charge in [-0.1, -0.05) is 25.1 Å². The van der Waals surface area contributed by atoms with E-state index in [4.69, 9.17) is 10.1 Å². The van der Waals surface area contributed by atoms with Gasteiger partial charge in [-0.25, -0.2) is 4.98 Å². The van der Waals surface area contributed by atoms with E-state index in [9.17, 15) is 5.11 Å². The number of amidine groups is 1. The van der Waals surface area contributed by atoms with Crippen LogP contribution in [0.1, 0.15) is 17.6 Å². The van der Waals surface area contributed by atoms with Crippen LogP contribution in [0.4, 0.5) is 5.69 Å². The van der Waals surface area contributed by atoms with Gasteiger partial charge in [0, 0.05) is 11.1 Å². The van der Waals surface area contributed by atoms with E-state index in [1.165, 1.54) is 11.3 Å². The number of nitrogens with one attached hydrogen (secondary N) is 1. The van der Waals surface area contributed by atoms with E-state index in [0.717, 1.165) is 29.3 Å². The number of benzene rings is 2. The zero-order chi connectivity index (χ0) is 18.8. The Kier molecular flexibility index (Phi) is 4.64. The third-order valence-electron chi connectivity index (χ3n) is 4.36. The van der Waals surface area contributed by atoms with Crippen molar-refractivity contribution in [2.24, 2.45) is 0 Å². The Bertz CT molecular complexity index is 994. The number of ether oxygens (including phenoxy) is 1. The predicted molar refractivity (Wildman–Crippen MR) is 109 cm³/mol. The van der Waals surface area contributed by atoms with Gasteiger partial charge >= 0.3 is 0 Å². The number of hydrogen-bond donors (Lipinski definition) is 2. The number of nitrogens with zero attached hydrogens (tertiary/aromatic N) is 2. The van der Waals surface area contributed by atoms with Crippen LogP contribution in [0.15, 0.2) is 65.7 Å². The van der Waals surface area contributed by atoms with Gasteiger partial charge in [0.2, 0.25) is 0 Å². The molecule has 4 rings (SSSR count). The monoisotopic (exact) mass is 377 g/mol. The molecule has 3 aromatic rings. The van der Waals surface area contributed by atoms with Gasteiger partial charge in [-0.15, -0.1) is 11.3 Å². The number of thiazole rings is 1. The summed E-state index contributed by atoms with van der Waals surface area (Å²) >= 11 is 1.46. The number of aliphatic hydroxyl groups is 1. The molecule has 2 aromatic carbocycles. The van der Waals surface area contributed by atoms with Crippen molar-refractivity contribution in [3.05, 3.63) is 76.4 Å². The van der Waals surface area contributed by atoms with Crippen LogP contribution < -0.4 is 9.64 Å².